The number of hydrogen-bond donors (Lipinski definition) is 0. The van der Waals surface area contributed by atoms with Gasteiger partial charge >= 0.3 is 0 Å². The monoisotopic (exact) mass is 413 g/mol. The van der Waals surface area contributed by atoms with Crippen molar-refractivity contribution in [2.45, 2.75) is 0 Å². The second-order valence-electron chi connectivity index (χ2n) is 7.36. The van der Waals surface area contributed by atoms with Gasteiger partial charge in [0, 0.05) is 22.3 Å². The molecule has 1 aromatic heterocycles. The van der Waals surface area contributed by atoms with Gasteiger partial charge < -0.3 is 0 Å². The van der Waals surface area contributed by atoms with Crippen LogP contribution in [0, 0.1) is 0 Å². The normalized spacial score (nSPS) is 10.6. The molecule has 0 spiro atoms. The smallest absolute Gasteiger partial charge is 0.164 e. The minimum Gasteiger partial charge on any atom is -0.298 e. The van der Waals surface area contributed by atoms with E-state index in [1.165, 1.54) is 0 Å². The molecule has 152 valence electrons. The summed E-state index contributed by atoms with van der Waals surface area (Å²) in [6.07, 6.45) is 0.848. The van der Waals surface area contributed by atoms with Gasteiger partial charge in [0.05, 0.1) is 0 Å². The highest BCUT2D eigenvalue weighted by Gasteiger charge is 2.12. The summed E-state index contributed by atoms with van der Waals surface area (Å²) in [5, 5.41) is 0. The lowest BCUT2D eigenvalue weighted by molar-refractivity contribution is 0.112. The van der Waals surface area contributed by atoms with Crippen LogP contribution in [0.1, 0.15) is 10.4 Å². The Morgan fingerprint density at radius 3 is 1.44 bits per heavy atom. The van der Waals surface area contributed by atoms with Gasteiger partial charge in [-0.2, -0.15) is 0 Å². The van der Waals surface area contributed by atoms with Gasteiger partial charge in [0.2, 0.25) is 0 Å². The van der Waals surface area contributed by atoms with Crippen molar-refractivity contribution in [2.24, 2.45) is 0 Å². The lowest BCUT2D eigenvalue weighted by atomic mass is 10.0. The first kappa shape index (κ1) is 19.5. The molecule has 0 aliphatic rings. The molecule has 0 bridgehead atoms. The Balaban J connectivity index is 1.63. The SMILES string of the molecule is O=Cc1ccc(-c2cccc(-c3nc(-c4ccccc4)nc(-c4ccccc4)n3)c2)cc1. The Kier molecular flexibility index (Phi) is 5.33. The van der Waals surface area contributed by atoms with Crippen LogP contribution in [0.4, 0.5) is 0 Å². The predicted octanol–water partition coefficient (Wildman–Crippen LogP) is 6.35. The molecule has 32 heavy (non-hydrogen) atoms. The third-order valence-corrected chi connectivity index (χ3v) is 5.20. The first-order valence-corrected chi connectivity index (χ1v) is 10.3. The van der Waals surface area contributed by atoms with Gasteiger partial charge in [-0.3, -0.25) is 4.79 Å². The maximum Gasteiger partial charge on any atom is 0.164 e. The lowest BCUT2D eigenvalue weighted by Gasteiger charge is -2.09. The molecule has 5 rings (SSSR count). The highest BCUT2D eigenvalue weighted by atomic mass is 16.1. The van der Waals surface area contributed by atoms with E-state index in [1.54, 1.807) is 0 Å². The zero-order valence-corrected chi connectivity index (χ0v) is 17.2. The molecule has 4 aromatic carbocycles. The summed E-state index contributed by atoms with van der Waals surface area (Å²) in [6.45, 7) is 0. The standard InChI is InChI=1S/C28H19N3O/c32-19-20-14-16-21(17-15-20)24-12-7-13-25(18-24)28-30-26(22-8-3-1-4-9-22)29-27(31-28)23-10-5-2-6-11-23/h1-19H. The van der Waals surface area contributed by atoms with Gasteiger partial charge in [-0.15, -0.1) is 0 Å². The van der Waals surface area contributed by atoms with Crippen molar-refractivity contribution in [3.05, 3.63) is 115 Å². The quantitative estimate of drug-likeness (QED) is 0.315. The van der Waals surface area contributed by atoms with Crippen LogP contribution < -0.4 is 0 Å². The highest BCUT2D eigenvalue weighted by molar-refractivity contribution is 5.78. The van der Waals surface area contributed by atoms with Crippen molar-refractivity contribution in [2.75, 3.05) is 0 Å². The lowest BCUT2D eigenvalue weighted by Crippen LogP contribution is -2.00. The maximum absolute atomic E-state index is 11.0. The summed E-state index contributed by atoms with van der Waals surface area (Å²) in [5.41, 5.74) is 5.49. The number of rotatable bonds is 5. The Morgan fingerprint density at radius 1 is 0.438 bits per heavy atom. The molecule has 0 atom stereocenters. The summed E-state index contributed by atoms with van der Waals surface area (Å²) >= 11 is 0. The van der Waals surface area contributed by atoms with E-state index in [0.29, 0.717) is 23.0 Å². The predicted molar refractivity (Wildman–Crippen MR) is 127 cm³/mol. The summed E-state index contributed by atoms with van der Waals surface area (Å²) in [6, 6.07) is 35.5. The second kappa shape index (κ2) is 8.74. The van der Waals surface area contributed by atoms with Crippen LogP contribution in [0.15, 0.2) is 109 Å². The molecule has 0 aliphatic carbocycles. The molecular formula is C28H19N3O. The van der Waals surface area contributed by atoms with Crippen molar-refractivity contribution in [3.8, 4) is 45.3 Å². The Bertz CT molecular complexity index is 1310. The molecule has 4 nitrogen and oxygen atoms in total. The van der Waals surface area contributed by atoms with Gasteiger partial charge in [0.25, 0.3) is 0 Å². The topological polar surface area (TPSA) is 55.7 Å². The third-order valence-electron chi connectivity index (χ3n) is 5.20. The van der Waals surface area contributed by atoms with Gasteiger partial charge in [-0.05, 0) is 17.2 Å². The molecule has 5 aromatic rings. The van der Waals surface area contributed by atoms with E-state index in [0.717, 1.165) is 34.1 Å². The summed E-state index contributed by atoms with van der Waals surface area (Å²) < 4.78 is 0. The van der Waals surface area contributed by atoms with Crippen molar-refractivity contribution >= 4 is 6.29 Å². The van der Waals surface area contributed by atoms with Crippen molar-refractivity contribution < 1.29 is 4.79 Å². The summed E-state index contributed by atoms with van der Waals surface area (Å²) in [5.74, 6) is 1.88. The zero-order chi connectivity index (χ0) is 21.8. The van der Waals surface area contributed by atoms with Gasteiger partial charge in [-0.25, -0.2) is 15.0 Å². The van der Waals surface area contributed by atoms with E-state index < -0.39 is 0 Å². The number of aldehydes is 1. The number of hydrogen-bond acceptors (Lipinski definition) is 4. The van der Waals surface area contributed by atoms with E-state index >= 15 is 0 Å². The van der Waals surface area contributed by atoms with E-state index in [9.17, 15) is 4.79 Å². The Labute approximate surface area is 186 Å². The first-order valence-electron chi connectivity index (χ1n) is 10.3. The van der Waals surface area contributed by atoms with Crippen molar-refractivity contribution in [1.29, 1.82) is 0 Å². The zero-order valence-electron chi connectivity index (χ0n) is 17.2. The van der Waals surface area contributed by atoms with Crippen LogP contribution in [-0.4, -0.2) is 21.2 Å². The minimum atomic E-state index is 0.615. The van der Waals surface area contributed by atoms with Crippen LogP contribution in [0.2, 0.25) is 0 Å². The van der Waals surface area contributed by atoms with Crippen molar-refractivity contribution in [1.82, 2.24) is 15.0 Å². The molecule has 0 N–H and O–H groups in total. The molecule has 0 radical (unpaired) electrons. The molecule has 4 heteroatoms. The molecule has 0 fully saturated rings. The van der Waals surface area contributed by atoms with E-state index in [2.05, 4.69) is 6.07 Å². The fourth-order valence-electron chi connectivity index (χ4n) is 3.53. The van der Waals surface area contributed by atoms with Gasteiger partial charge in [0.15, 0.2) is 17.5 Å². The fraction of sp³-hybridized carbons (Fsp3) is 0. The molecular weight excluding hydrogens is 394 g/mol. The molecule has 0 saturated heterocycles. The minimum absolute atomic E-state index is 0.615. The first-order chi connectivity index (χ1) is 15.8. The highest BCUT2D eigenvalue weighted by Crippen LogP contribution is 2.28. The van der Waals surface area contributed by atoms with E-state index in [-0.39, 0.29) is 0 Å². The number of benzene rings is 4. The van der Waals surface area contributed by atoms with Crippen molar-refractivity contribution in [3.63, 3.8) is 0 Å². The summed E-state index contributed by atoms with van der Waals surface area (Å²) in [4.78, 5) is 25.3. The Morgan fingerprint density at radius 2 is 0.906 bits per heavy atom. The molecule has 0 aliphatic heterocycles. The van der Waals surface area contributed by atoms with Crippen LogP contribution in [0.25, 0.3) is 45.3 Å². The molecule has 0 saturated carbocycles. The van der Waals surface area contributed by atoms with E-state index in [1.807, 2.05) is 103 Å². The second-order valence-corrected chi connectivity index (χ2v) is 7.36. The Hall–Kier alpha value is -4.44. The molecule has 0 amide bonds. The van der Waals surface area contributed by atoms with Crippen LogP contribution in [-0.2, 0) is 0 Å². The largest absolute Gasteiger partial charge is 0.298 e. The number of aromatic nitrogens is 3. The number of carbonyl (C=O) groups excluding carboxylic acids is 1. The third kappa shape index (κ3) is 4.07. The summed E-state index contributed by atoms with van der Waals surface area (Å²) in [7, 11) is 0. The molecule has 1 heterocycles. The number of nitrogens with zero attached hydrogens (tertiary/aromatic N) is 3. The van der Waals surface area contributed by atoms with Crippen LogP contribution in [0.5, 0.6) is 0 Å². The molecule has 0 unspecified atom stereocenters. The maximum atomic E-state index is 11.0. The van der Waals surface area contributed by atoms with E-state index in [4.69, 9.17) is 15.0 Å². The van der Waals surface area contributed by atoms with Crippen LogP contribution >= 0.6 is 0 Å². The average molecular weight is 413 g/mol. The van der Waals surface area contributed by atoms with Crippen LogP contribution in [0.3, 0.4) is 0 Å². The van der Waals surface area contributed by atoms with Gasteiger partial charge in [-0.1, -0.05) is 103 Å². The number of carbonyl (C=O) groups is 1. The fourth-order valence-corrected chi connectivity index (χ4v) is 3.53. The average Bonchev–Trinajstić information content (AvgIpc) is 2.89. The van der Waals surface area contributed by atoms with Gasteiger partial charge in [0.1, 0.15) is 6.29 Å².